The van der Waals surface area contributed by atoms with Gasteiger partial charge in [0.15, 0.2) is 0 Å². The molecule has 6 heteroatoms. The lowest BCUT2D eigenvalue weighted by Crippen LogP contribution is -2.34. The molecule has 2 heterocycles. The van der Waals surface area contributed by atoms with E-state index in [1.807, 2.05) is 18.4 Å². The Labute approximate surface area is 114 Å². The third-order valence-corrected chi connectivity index (χ3v) is 3.25. The quantitative estimate of drug-likeness (QED) is 0.937. The van der Waals surface area contributed by atoms with E-state index in [2.05, 4.69) is 20.7 Å². The van der Waals surface area contributed by atoms with Gasteiger partial charge in [0.05, 0.1) is 12.4 Å². The number of carbonyl (C=O) groups is 1. The van der Waals surface area contributed by atoms with Gasteiger partial charge in [-0.1, -0.05) is 11.6 Å². The van der Waals surface area contributed by atoms with Crippen molar-refractivity contribution in [2.75, 3.05) is 0 Å². The average molecular weight is 282 g/mol. The lowest BCUT2D eigenvalue weighted by molar-refractivity contribution is 0.0934. The maximum Gasteiger partial charge on any atom is 0.271 e. The second-order valence-corrected chi connectivity index (χ2v) is 5.10. The number of hydrogen-bond acceptors (Lipinski definition) is 4. The predicted octanol–water partition coefficient (Wildman–Crippen LogP) is 2.55. The van der Waals surface area contributed by atoms with Crippen LogP contribution in [0.1, 0.15) is 23.0 Å². The summed E-state index contributed by atoms with van der Waals surface area (Å²) < 4.78 is 0. The molecule has 0 aliphatic rings. The third kappa shape index (κ3) is 3.51. The van der Waals surface area contributed by atoms with Crippen LogP contribution in [0.4, 0.5) is 0 Å². The minimum atomic E-state index is -0.257. The minimum absolute atomic E-state index is 0.0351. The molecule has 0 aliphatic carbocycles. The van der Waals surface area contributed by atoms with Crippen LogP contribution in [0.15, 0.2) is 29.2 Å². The first-order valence-corrected chi connectivity index (χ1v) is 6.76. The van der Waals surface area contributed by atoms with Crippen molar-refractivity contribution in [2.24, 2.45) is 0 Å². The van der Waals surface area contributed by atoms with Crippen LogP contribution in [0.2, 0.25) is 5.15 Å². The van der Waals surface area contributed by atoms with Gasteiger partial charge in [-0.25, -0.2) is 4.98 Å². The highest BCUT2D eigenvalue weighted by atomic mass is 35.5. The molecule has 2 rings (SSSR count). The van der Waals surface area contributed by atoms with E-state index in [-0.39, 0.29) is 22.8 Å². The Morgan fingerprint density at radius 1 is 1.56 bits per heavy atom. The molecule has 1 N–H and O–H groups in total. The molecule has 1 unspecified atom stereocenters. The smallest absolute Gasteiger partial charge is 0.271 e. The summed E-state index contributed by atoms with van der Waals surface area (Å²) in [6.45, 7) is 1.95. The van der Waals surface area contributed by atoms with E-state index in [4.69, 9.17) is 11.6 Å². The Morgan fingerprint density at radius 2 is 2.39 bits per heavy atom. The molecule has 94 valence electrons. The van der Waals surface area contributed by atoms with E-state index in [1.165, 1.54) is 18.0 Å². The third-order valence-electron chi connectivity index (χ3n) is 2.34. The van der Waals surface area contributed by atoms with Gasteiger partial charge >= 0.3 is 0 Å². The van der Waals surface area contributed by atoms with Crippen LogP contribution >= 0.6 is 22.9 Å². The van der Waals surface area contributed by atoms with Crippen molar-refractivity contribution >= 4 is 28.8 Å². The Morgan fingerprint density at radius 3 is 3.06 bits per heavy atom. The Hall–Kier alpha value is -1.46. The number of hydrogen-bond donors (Lipinski definition) is 1. The van der Waals surface area contributed by atoms with E-state index in [1.54, 1.807) is 11.3 Å². The van der Waals surface area contributed by atoms with Gasteiger partial charge in [0.2, 0.25) is 0 Å². The summed E-state index contributed by atoms with van der Waals surface area (Å²) in [5, 5.41) is 7.17. The van der Waals surface area contributed by atoms with Gasteiger partial charge in [-0.15, -0.1) is 0 Å². The van der Waals surface area contributed by atoms with E-state index in [0.717, 1.165) is 6.42 Å². The van der Waals surface area contributed by atoms with Crippen LogP contribution in [-0.2, 0) is 6.42 Å². The molecule has 1 amide bonds. The molecule has 0 bridgehead atoms. The maximum atomic E-state index is 11.9. The molecule has 0 spiro atoms. The first-order chi connectivity index (χ1) is 8.65. The van der Waals surface area contributed by atoms with Crippen molar-refractivity contribution in [3.8, 4) is 0 Å². The van der Waals surface area contributed by atoms with Crippen molar-refractivity contribution < 1.29 is 4.79 Å². The average Bonchev–Trinajstić information content (AvgIpc) is 2.81. The van der Waals surface area contributed by atoms with Gasteiger partial charge in [0.25, 0.3) is 5.91 Å². The number of nitrogens with one attached hydrogen (secondary N) is 1. The molecule has 2 aromatic heterocycles. The van der Waals surface area contributed by atoms with Crippen LogP contribution < -0.4 is 5.32 Å². The molecule has 0 saturated carbocycles. The number of thiophene rings is 1. The SMILES string of the molecule is CC(Cc1ccsc1)NC(=O)c1cncc(Cl)n1. The number of amides is 1. The zero-order valence-corrected chi connectivity index (χ0v) is 11.3. The van der Waals surface area contributed by atoms with Gasteiger partial charge in [0.1, 0.15) is 10.8 Å². The zero-order chi connectivity index (χ0) is 13.0. The summed E-state index contributed by atoms with van der Waals surface area (Å²) in [7, 11) is 0. The summed E-state index contributed by atoms with van der Waals surface area (Å²) in [4.78, 5) is 19.6. The fraction of sp³-hybridized carbons (Fsp3) is 0.250. The predicted molar refractivity (Wildman–Crippen MR) is 72.0 cm³/mol. The normalized spacial score (nSPS) is 12.1. The largest absolute Gasteiger partial charge is 0.348 e. The summed E-state index contributed by atoms with van der Waals surface area (Å²) in [6, 6.07) is 2.08. The van der Waals surface area contributed by atoms with Crippen molar-refractivity contribution in [3.63, 3.8) is 0 Å². The van der Waals surface area contributed by atoms with Crippen LogP contribution in [0.3, 0.4) is 0 Å². The first kappa shape index (κ1) is 13.0. The van der Waals surface area contributed by atoms with Gasteiger partial charge in [0, 0.05) is 6.04 Å². The van der Waals surface area contributed by atoms with E-state index >= 15 is 0 Å². The molecule has 0 fully saturated rings. The molecule has 0 aromatic carbocycles. The number of rotatable bonds is 4. The summed E-state index contributed by atoms with van der Waals surface area (Å²) in [5.74, 6) is -0.257. The summed E-state index contributed by atoms with van der Waals surface area (Å²) in [6.07, 6.45) is 3.59. The molecule has 0 aliphatic heterocycles. The highest BCUT2D eigenvalue weighted by Gasteiger charge is 2.12. The van der Waals surface area contributed by atoms with Gasteiger partial charge in [-0.2, -0.15) is 11.3 Å². The van der Waals surface area contributed by atoms with Crippen molar-refractivity contribution in [2.45, 2.75) is 19.4 Å². The molecular formula is C12H12ClN3OS. The number of aromatic nitrogens is 2. The molecule has 0 saturated heterocycles. The van der Waals surface area contributed by atoms with Gasteiger partial charge < -0.3 is 5.32 Å². The fourth-order valence-electron chi connectivity index (χ4n) is 1.56. The number of halogens is 1. The number of carbonyl (C=O) groups excluding carboxylic acids is 1. The van der Waals surface area contributed by atoms with Crippen LogP contribution in [0.5, 0.6) is 0 Å². The van der Waals surface area contributed by atoms with Crippen molar-refractivity contribution in [1.82, 2.24) is 15.3 Å². The first-order valence-electron chi connectivity index (χ1n) is 5.44. The second-order valence-electron chi connectivity index (χ2n) is 3.94. The highest BCUT2D eigenvalue weighted by Crippen LogP contribution is 2.09. The van der Waals surface area contributed by atoms with E-state index < -0.39 is 0 Å². The summed E-state index contributed by atoms with van der Waals surface area (Å²) >= 11 is 7.33. The minimum Gasteiger partial charge on any atom is -0.348 e. The Kier molecular flexibility index (Phi) is 4.28. The van der Waals surface area contributed by atoms with Crippen LogP contribution in [-0.4, -0.2) is 21.9 Å². The molecule has 4 nitrogen and oxygen atoms in total. The van der Waals surface area contributed by atoms with Crippen LogP contribution in [0, 0.1) is 0 Å². The molecule has 1 atom stereocenters. The molecular weight excluding hydrogens is 270 g/mol. The lowest BCUT2D eigenvalue weighted by atomic mass is 10.1. The standard InChI is InChI=1S/C12H12ClN3OS/c1-8(4-9-2-3-18-7-9)15-12(17)10-5-14-6-11(13)16-10/h2-3,5-8H,4H2,1H3,(H,15,17). The lowest BCUT2D eigenvalue weighted by Gasteiger charge is -2.12. The molecule has 2 aromatic rings. The monoisotopic (exact) mass is 281 g/mol. The van der Waals surface area contributed by atoms with Crippen molar-refractivity contribution in [3.05, 3.63) is 45.6 Å². The molecule has 0 radical (unpaired) electrons. The fourth-order valence-corrected chi connectivity index (χ4v) is 2.39. The van der Waals surface area contributed by atoms with Gasteiger partial charge in [-0.05, 0) is 35.7 Å². The van der Waals surface area contributed by atoms with E-state index in [0.29, 0.717) is 0 Å². The van der Waals surface area contributed by atoms with Gasteiger partial charge in [-0.3, -0.25) is 9.78 Å². The van der Waals surface area contributed by atoms with Crippen molar-refractivity contribution in [1.29, 1.82) is 0 Å². The van der Waals surface area contributed by atoms with E-state index in [9.17, 15) is 4.79 Å². The molecule has 18 heavy (non-hydrogen) atoms. The Bertz CT molecular complexity index is 530. The second kappa shape index (κ2) is 5.93. The van der Waals surface area contributed by atoms with Crippen LogP contribution in [0.25, 0.3) is 0 Å². The Balaban J connectivity index is 1.95. The number of nitrogens with zero attached hydrogens (tertiary/aromatic N) is 2. The topological polar surface area (TPSA) is 54.9 Å². The highest BCUT2D eigenvalue weighted by molar-refractivity contribution is 7.07. The summed E-state index contributed by atoms with van der Waals surface area (Å²) in [5.41, 5.74) is 1.45. The maximum absolute atomic E-state index is 11.9. The zero-order valence-electron chi connectivity index (χ0n) is 9.76.